The van der Waals surface area contributed by atoms with E-state index in [1.807, 2.05) is 0 Å². The molecule has 12 heavy (non-hydrogen) atoms. The predicted molar refractivity (Wildman–Crippen MR) is 46.3 cm³/mol. The molecule has 1 N–H and O–H groups in total. The summed E-state index contributed by atoms with van der Waals surface area (Å²) in [5.74, 6) is -0.274. The zero-order valence-corrected chi connectivity index (χ0v) is 6.70. The van der Waals surface area contributed by atoms with Crippen LogP contribution in [0.1, 0.15) is 5.56 Å². The van der Waals surface area contributed by atoms with Crippen LogP contribution in [0.5, 0.6) is 0 Å². The Balaban J connectivity index is 2.69. The van der Waals surface area contributed by atoms with E-state index in [4.69, 9.17) is 5.11 Å². The van der Waals surface area contributed by atoms with Gasteiger partial charge in [0.25, 0.3) is 0 Å². The fraction of sp³-hybridized carbons (Fsp3) is 0.200. The third kappa shape index (κ3) is 2.47. The molecule has 1 rings (SSSR count). The summed E-state index contributed by atoms with van der Waals surface area (Å²) in [4.78, 5) is 0. The van der Waals surface area contributed by atoms with Crippen LogP contribution in [0.15, 0.2) is 36.9 Å². The number of aliphatic hydroxyl groups excluding tert-OH is 1. The van der Waals surface area contributed by atoms with Crippen LogP contribution in [0.3, 0.4) is 0 Å². The lowest BCUT2D eigenvalue weighted by Gasteiger charge is -2.04. The van der Waals surface area contributed by atoms with E-state index in [0.717, 1.165) is 5.56 Å². The molecular weight excluding hydrogens is 155 g/mol. The Kier molecular flexibility index (Phi) is 3.00. The first kappa shape index (κ1) is 8.94. The summed E-state index contributed by atoms with van der Waals surface area (Å²) in [7, 11) is 0. The van der Waals surface area contributed by atoms with Crippen LogP contribution in [-0.2, 0) is 6.42 Å². The van der Waals surface area contributed by atoms with Crippen LogP contribution in [0.4, 0.5) is 4.39 Å². The van der Waals surface area contributed by atoms with Gasteiger partial charge in [0.15, 0.2) is 0 Å². The summed E-state index contributed by atoms with van der Waals surface area (Å²) in [6, 6.07) is 6.19. The van der Waals surface area contributed by atoms with Crippen LogP contribution in [0.2, 0.25) is 0 Å². The molecule has 0 amide bonds. The van der Waals surface area contributed by atoms with Crippen molar-refractivity contribution >= 4 is 0 Å². The average molecular weight is 166 g/mol. The summed E-state index contributed by atoms with van der Waals surface area (Å²) >= 11 is 0. The summed E-state index contributed by atoms with van der Waals surface area (Å²) in [6.45, 7) is 3.44. The Bertz CT molecular complexity index is 270. The minimum atomic E-state index is -0.591. The first-order valence-corrected chi connectivity index (χ1v) is 3.77. The van der Waals surface area contributed by atoms with Gasteiger partial charge in [-0.25, -0.2) is 4.39 Å². The van der Waals surface area contributed by atoms with Crippen LogP contribution < -0.4 is 0 Å². The van der Waals surface area contributed by atoms with E-state index in [0.29, 0.717) is 6.42 Å². The molecule has 0 radical (unpaired) electrons. The molecule has 1 unspecified atom stereocenters. The molecule has 64 valence electrons. The summed E-state index contributed by atoms with van der Waals surface area (Å²) < 4.78 is 12.6. The van der Waals surface area contributed by atoms with Crippen molar-refractivity contribution < 1.29 is 9.50 Å². The van der Waals surface area contributed by atoms with Gasteiger partial charge in [-0.3, -0.25) is 0 Å². The van der Waals surface area contributed by atoms with E-state index < -0.39 is 6.10 Å². The zero-order chi connectivity index (χ0) is 8.97. The lowest BCUT2D eigenvalue weighted by atomic mass is 10.1. The first-order valence-electron chi connectivity index (χ1n) is 3.77. The molecule has 0 heterocycles. The van der Waals surface area contributed by atoms with Crippen molar-refractivity contribution in [3.8, 4) is 0 Å². The second-order valence-electron chi connectivity index (χ2n) is 2.64. The monoisotopic (exact) mass is 166 g/mol. The van der Waals surface area contributed by atoms with Crippen LogP contribution in [-0.4, -0.2) is 11.2 Å². The molecule has 0 fully saturated rings. The molecule has 0 saturated carbocycles. The molecular formula is C10H11FO. The number of rotatable bonds is 3. The maximum absolute atomic E-state index is 12.6. The Morgan fingerprint density at radius 1 is 1.58 bits per heavy atom. The Labute approximate surface area is 71.2 Å². The summed E-state index contributed by atoms with van der Waals surface area (Å²) in [5.41, 5.74) is 0.780. The highest BCUT2D eigenvalue weighted by molar-refractivity contribution is 5.17. The molecule has 0 aromatic heterocycles. The fourth-order valence-electron chi connectivity index (χ4n) is 0.989. The van der Waals surface area contributed by atoms with Gasteiger partial charge in [-0.2, -0.15) is 0 Å². The maximum Gasteiger partial charge on any atom is 0.123 e. The van der Waals surface area contributed by atoms with Crippen molar-refractivity contribution in [1.29, 1.82) is 0 Å². The van der Waals surface area contributed by atoms with Crippen molar-refractivity contribution in [3.63, 3.8) is 0 Å². The SMILES string of the molecule is C=CC(O)Cc1cccc(F)c1. The van der Waals surface area contributed by atoms with Gasteiger partial charge >= 0.3 is 0 Å². The molecule has 0 spiro atoms. The highest BCUT2D eigenvalue weighted by Crippen LogP contribution is 2.06. The van der Waals surface area contributed by atoms with E-state index >= 15 is 0 Å². The van der Waals surface area contributed by atoms with Gasteiger partial charge in [-0.05, 0) is 17.7 Å². The minimum Gasteiger partial charge on any atom is -0.389 e. The predicted octanol–water partition coefficient (Wildman–Crippen LogP) is 1.92. The Morgan fingerprint density at radius 3 is 2.92 bits per heavy atom. The maximum atomic E-state index is 12.6. The second kappa shape index (κ2) is 4.02. The standard InChI is InChI=1S/C10H11FO/c1-2-10(12)7-8-4-3-5-9(11)6-8/h2-6,10,12H,1,7H2. The largest absolute Gasteiger partial charge is 0.389 e. The zero-order valence-electron chi connectivity index (χ0n) is 6.70. The molecule has 1 aromatic rings. The average Bonchev–Trinajstić information content (AvgIpc) is 2.04. The number of benzene rings is 1. The lowest BCUT2D eigenvalue weighted by molar-refractivity contribution is 0.224. The highest BCUT2D eigenvalue weighted by Gasteiger charge is 2.00. The number of hydrogen-bond donors (Lipinski definition) is 1. The molecule has 0 aliphatic heterocycles. The molecule has 1 nitrogen and oxygen atoms in total. The second-order valence-corrected chi connectivity index (χ2v) is 2.64. The third-order valence-corrected chi connectivity index (χ3v) is 1.61. The van der Waals surface area contributed by atoms with E-state index in [1.165, 1.54) is 18.2 Å². The van der Waals surface area contributed by atoms with Crippen molar-refractivity contribution in [2.75, 3.05) is 0 Å². The molecule has 1 atom stereocenters. The van der Waals surface area contributed by atoms with Crippen molar-refractivity contribution in [2.24, 2.45) is 0 Å². The smallest absolute Gasteiger partial charge is 0.123 e. The van der Waals surface area contributed by atoms with Gasteiger partial charge < -0.3 is 5.11 Å². The number of halogens is 1. The molecule has 0 bridgehead atoms. The van der Waals surface area contributed by atoms with Crippen molar-refractivity contribution in [3.05, 3.63) is 48.3 Å². The molecule has 0 saturated heterocycles. The van der Waals surface area contributed by atoms with Gasteiger partial charge in [-0.15, -0.1) is 6.58 Å². The van der Waals surface area contributed by atoms with Crippen LogP contribution >= 0.6 is 0 Å². The van der Waals surface area contributed by atoms with E-state index in [2.05, 4.69) is 6.58 Å². The molecule has 2 heteroatoms. The lowest BCUT2D eigenvalue weighted by Crippen LogP contribution is -2.05. The Hall–Kier alpha value is -1.15. The fourth-order valence-corrected chi connectivity index (χ4v) is 0.989. The van der Waals surface area contributed by atoms with Gasteiger partial charge in [0.2, 0.25) is 0 Å². The van der Waals surface area contributed by atoms with Crippen molar-refractivity contribution in [1.82, 2.24) is 0 Å². The van der Waals surface area contributed by atoms with E-state index in [9.17, 15) is 4.39 Å². The van der Waals surface area contributed by atoms with Crippen LogP contribution in [0.25, 0.3) is 0 Å². The van der Waals surface area contributed by atoms with Gasteiger partial charge in [0.1, 0.15) is 5.82 Å². The highest BCUT2D eigenvalue weighted by atomic mass is 19.1. The van der Waals surface area contributed by atoms with E-state index in [1.54, 1.807) is 12.1 Å². The van der Waals surface area contributed by atoms with E-state index in [-0.39, 0.29) is 5.82 Å². The quantitative estimate of drug-likeness (QED) is 0.680. The summed E-state index contributed by atoms with van der Waals surface area (Å²) in [5, 5.41) is 9.16. The molecule has 1 aromatic carbocycles. The minimum absolute atomic E-state index is 0.274. The Morgan fingerprint density at radius 2 is 2.33 bits per heavy atom. The van der Waals surface area contributed by atoms with Gasteiger partial charge in [0, 0.05) is 6.42 Å². The molecule has 0 aliphatic carbocycles. The number of aliphatic hydroxyl groups is 1. The molecule has 0 aliphatic rings. The van der Waals surface area contributed by atoms with Crippen LogP contribution in [0, 0.1) is 5.82 Å². The summed E-state index contributed by atoms with van der Waals surface area (Å²) in [6.07, 6.45) is 1.26. The topological polar surface area (TPSA) is 20.2 Å². The van der Waals surface area contributed by atoms with Crippen molar-refractivity contribution in [2.45, 2.75) is 12.5 Å². The number of hydrogen-bond acceptors (Lipinski definition) is 1. The van der Waals surface area contributed by atoms with Gasteiger partial charge in [-0.1, -0.05) is 18.2 Å². The third-order valence-electron chi connectivity index (χ3n) is 1.61. The normalized spacial score (nSPS) is 12.5. The van der Waals surface area contributed by atoms with Gasteiger partial charge in [0.05, 0.1) is 6.10 Å². The first-order chi connectivity index (χ1) is 5.72.